The minimum absolute atomic E-state index is 0.118. The summed E-state index contributed by atoms with van der Waals surface area (Å²) in [4.78, 5) is 23.9. The molecule has 0 N–H and O–H groups in total. The highest BCUT2D eigenvalue weighted by atomic mass is 79.9. The molecule has 84 valence electrons. The Morgan fingerprint density at radius 1 is 1.25 bits per heavy atom. The third kappa shape index (κ3) is 2.24. The van der Waals surface area contributed by atoms with Gasteiger partial charge in [-0.2, -0.15) is 0 Å². The first kappa shape index (κ1) is 11.1. The largest absolute Gasteiger partial charge is 0.390 e. The average Bonchev–Trinajstić information content (AvgIpc) is 2.20. The van der Waals surface area contributed by atoms with Crippen molar-refractivity contribution >= 4 is 33.6 Å². The second-order valence-electron chi connectivity index (χ2n) is 3.64. The van der Waals surface area contributed by atoms with Gasteiger partial charge in [0.25, 0.3) is 0 Å². The van der Waals surface area contributed by atoms with E-state index in [9.17, 15) is 9.59 Å². The number of halogens is 1. The van der Waals surface area contributed by atoms with Crippen molar-refractivity contribution in [1.82, 2.24) is 0 Å². The Kier molecular flexibility index (Phi) is 2.96. The lowest BCUT2D eigenvalue weighted by molar-refractivity contribution is -0.160. The third-order valence-electron chi connectivity index (χ3n) is 2.37. The number of morpholine rings is 1. The Labute approximate surface area is 101 Å². The number of esters is 2. The van der Waals surface area contributed by atoms with E-state index < -0.39 is 11.9 Å². The number of nitrogens with zero attached hydrogens (tertiary/aromatic N) is 1. The fourth-order valence-corrected chi connectivity index (χ4v) is 1.81. The van der Waals surface area contributed by atoms with Gasteiger partial charge in [-0.15, -0.1) is 0 Å². The van der Waals surface area contributed by atoms with E-state index in [-0.39, 0.29) is 13.1 Å². The van der Waals surface area contributed by atoms with Gasteiger partial charge in [0, 0.05) is 10.2 Å². The van der Waals surface area contributed by atoms with Crippen LogP contribution in [0, 0.1) is 6.92 Å². The normalized spacial score (nSPS) is 16.2. The second-order valence-corrected chi connectivity index (χ2v) is 4.49. The average molecular weight is 284 g/mol. The van der Waals surface area contributed by atoms with Crippen LogP contribution in [0.3, 0.4) is 0 Å². The molecule has 1 heterocycles. The lowest BCUT2D eigenvalue weighted by atomic mass is 10.2. The van der Waals surface area contributed by atoms with E-state index in [0.717, 1.165) is 15.7 Å². The maximum Gasteiger partial charge on any atom is 0.333 e. The highest BCUT2D eigenvalue weighted by Crippen LogP contribution is 2.23. The highest BCUT2D eigenvalue weighted by Gasteiger charge is 2.24. The lowest BCUT2D eigenvalue weighted by Crippen LogP contribution is -2.42. The number of hydrogen-bond donors (Lipinski definition) is 0. The van der Waals surface area contributed by atoms with Gasteiger partial charge in [-0.05, 0) is 30.7 Å². The molecule has 0 amide bonds. The number of cyclic esters (lactones) is 2. The van der Waals surface area contributed by atoms with E-state index >= 15 is 0 Å². The molecule has 1 aliphatic rings. The first-order valence-electron chi connectivity index (χ1n) is 4.81. The van der Waals surface area contributed by atoms with Crippen molar-refractivity contribution in [2.45, 2.75) is 6.92 Å². The van der Waals surface area contributed by atoms with Crippen LogP contribution < -0.4 is 4.90 Å². The third-order valence-corrected chi connectivity index (χ3v) is 3.26. The van der Waals surface area contributed by atoms with Crippen molar-refractivity contribution in [3.05, 3.63) is 28.2 Å². The highest BCUT2D eigenvalue weighted by molar-refractivity contribution is 9.10. The number of carbonyl (C=O) groups excluding carboxylic acids is 2. The van der Waals surface area contributed by atoms with Gasteiger partial charge in [-0.3, -0.25) is 0 Å². The summed E-state index contributed by atoms with van der Waals surface area (Å²) < 4.78 is 5.47. The Balaban J connectivity index is 2.26. The van der Waals surface area contributed by atoms with Crippen molar-refractivity contribution in [2.24, 2.45) is 0 Å². The van der Waals surface area contributed by atoms with Gasteiger partial charge < -0.3 is 9.64 Å². The molecule has 1 aromatic carbocycles. The quantitative estimate of drug-likeness (QED) is 0.581. The van der Waals surface area contributed by atoms with Gasteiger partial charge in [-0.25, -0.2) is 9.59 Å². The van der Waals surface area contributed by atoms with Crippen molar-refractivity contribution in [3.8, 4) is 0 Å². The molecule has 0 bridgehead atoms. The van der Waals surface area contributed by atoms with E-state index in [4.69, 9.17) is 0 Å². The fraction of sp³-hybridized carbons (Fsp3) is 0.273. The zero-order chi connectivity index (χ0) is 11.7. The molecule has 0 atom stereocenters. The smallest absolute Gasteiger partial charge is 0.333 e. The topological polar surface area (TPSA) is 46.6 Å². The molecule has 1 fully saturated rings. The number of carbonyl (C=O) groups is 2. The first-order valence-corrected chi connectivity index (χ1v) is 5.60. The number of benzene rings is 1. The molecule has 0 spiro atoms. The maximum absolute atomic E-state index is 11.1. The summed E-state index contributed by atoms with van der Waals surface area (Å²) >= 11 is 3.40. The van der Waals surface area contributed by atoms with Crippen LogP contribution in [0.1, 0.15) is 5.56 Å². The molecule has 1 aromatic rings. The Morgan fingerprint density at radius 3 is 2.44 bits per heavy atom. The molecule has 4 nitrogen and oxygen atoms in total. The number of ether oxygens (including phenoxy) is 1. The number of anilines is 1. The monoisotopic (exact) mass is 283 g/mol. The van der Waals surface area contributed by atoms with Crippen molar-refractivity contribution in [1.29, 1.82) is 0 Å². The SMILES string of the molecule is Cc1cc(N2CC(=O)OC(=O)C2)ccc1Br. The van der Waals surface area contributed by atoms with Crippen molar-refractivity contribution in [2.75, 3.05) is 18.0 Å². The number of aryl methyl sites for hydroxylation is 1. The predicted molar refractivity (Wildman–Crippen MR) is 62.2 cm³/mol. The van der Waals surface area contributed by atoms with E-state index in [1.807, 2.05) is 25.1 Å². The lowest BCUT2D eigenvalue weighted by Gasteiger charge is -2.26. The molecule has 5 heteroatoms. The molecule has 0 saturated carbocycles. The van der Waals surface area contributed by atoms with Crippen LogP contribution in [0.25, 0.3) is 0 Å². The molecular weight excluding hydrogens is 274 g/mol. The van der Waals surface area contributed by atoms with Crippen LogP contribution in [0.5, 0.6) is 0 Å². The fourth-order valence-electron chi connectivity index (χ4n) is 1.57. The zero-order valence-corrected chi connectivity index (χ0v) is 10.3. The number of rotatable bonds is 1. The van der Waals surface area contributed by atoms with Gasteiger partial charge in [0.05, 0.1) is 0 Å². The molecule has 0 unspecified atom stereocenters. The Bertz CT molecular complexity index is 443. The number of hydrogen-bond acceptors (Lipinski definition) is 4. The molecule has 0 aliphatic carbocycles. The summed E-state index contributed by atoms with van der Waals surface area (Å²) in [6.07, 6.45) is 0. The van der Waals surface area contributed by atoms with E-state index in [1.165, 1.54) is 0 Å². The van der Waals surface area contributed by atoms with Crippen LogP contribution in [0.2, 0.25) is 0 Å². The summed E-state index contributed by atoms with van der Waals surface area (Å²) in [5, 5.41) is 0. The Hall–Kier alpha value is -1.36. The van der Waals surface area contributed by atoms with Gasteiger partial charge in [0.2, 0.25) is 0 Å². The maximum atomic E-state index is 11.1. The summed E-state index contributed by atoms with van der Waals surface area (Å²) in [5.74, 6) is -1.01. The molecule has 1 aliphatic heterocycles. The molecule has 2 rings (SSSR count). The summed E-state index contributed by atoms with van der Waals surface area (Å²) in [5.41, 5.74) is 1.91. The van der Waals surface area contributed by atoms with E-state index in [2.05, 4.69) is 20.7 Å². The summed E-state index contributed by atoms with van der Waals surface area (Å²) in [6.45, 7) is 2.19. The van der Waals surface area contributed by atoms with Gasteiger partial charge >= 0.3 is 11.9 Å². The predicted octanol–water partition coefficient (Wildman–Crippen LogP) is 1.65. The van der Waals surface area contributed by atoms with E-state index in [0.29, 0.717) is 0 Å². The molecular formula is C11H10BrNO3. The minimum atomic E-state index is -0.503. The summed E-state index contributed by atoms with van der Waals surface area (Å²) in [6, 6.07) is 5.69. The molecule has 0 aromatic heterocycles. The van der Waals surface area contributed by atoms with Gasteiger partial charge in [0.15, 0.2) is 0 Å². The summed E-state index contributed by atoms with van der Waals surface area (Å²) in [7, 11) is 0. The van der Waals surface area contributed by atoms with Crippen LogP contribution >= 0.6 is 15.9 Å². The standard InChI is InChI=1S/C11H10BrNO3/c1-7-4-8(2-3-9(7)12)13-5-10(14)16-11(15)6-13/h2-4H,5-6H2,1H3. The second kappa shape index (κ2) is 4.25. The van der Waals surface area contributed by atoms with Crippen LogP contribution in [-0.2, 0) is 14.3 Å². The minimum Gasteiger partial charge on any atom is -0.390 e. The van der Waals surface area contributed by atoms with Crippen LogP contribution in [0.4, 0.5) is 5.69 Å². The molecule has 0 radical (unpaired) electrons. The van der Waals surface area contributed by atoms with Crippen molar-refractivity contribution in [3.63, 3.8) is 0 Å². The zero-order valence-electron chi connectivity index (χ0n) is 8.70. The molecule has 1 saturated heterocycles. The van der Waals surface area contributed by atoms with Crippen molar-refractivity contribution < 1.29 is 14.3 Å². The van der Waals surface area contributed by atoms with Crippen LogP contribution in [-0.4, -0.2) is 25.0 Å². The first-order chi connectivity index (χ1) is 7.56. The molecule has 16 heavy (non-hydrogen) atoms. The van der Waals surface area contributed by atoms with E-state index in [1.54, 1.807) is 4.90 Å². The van der Waals surface area contributed by atoms with Gasteiger partial charge in [-0.1, -0.05) is 15.9 Å². The van der Waals surface area contributed by atoms with Gasteiger partial charge in [0.1, 0.15) is 13.1 Å². The Morgan fingerprint density at radius 2 is 1.88 bits per heavy atom. The van der Waals surface area contributed by atoms with Crippen LogP contribution in [0.15, 0.2) is 22.7 Å².